The summed E-state index contributed by atoms with van der Waals surface area (Å²) in [6.45, 7) is 14.1. The zero-order valence-corrected chi connectivity index (χ0v) is 14.0. The van der Waals surface area contributed by atoms with E-state index in [2.05, 4.69) is 27.7 Å². The van der Waals surface area contributed by atoms with Crippen LogP contribution in [0.2, 0.25) is 0 Å². The van der Waals surface area contributed by atoms with Crippen molar-refractivity contribution in [1.29, 1.82) is 0 Å². The predicted molar refractivity (Wildman–Crippen MR) is 82.4 cm³/mol. The Morgan fingerprint density at radius 2 is 1.19 bits per heavy atom. The van der Waals surface area contributed by atoms with Gasteiger partial charge in [-0.15, -0.1) is 0 Å². The van der Waals surface area contributed by atoms with Crippen LogP contribution >= 0.6 is 0 Å². The number of hydrogen-bond donors (Lipinski definition) is 0. The van der Waals surface area contributed by atoms with Gasteiger partial charge in [-0.1, -0.05) is 27.7 Å². The summed E-state index contributed by atoms with van der Waals surface area (Å²) in [7, 11) is 0. The first-order chi connectivity index (χ1) is 10.1. The van der Waals surface area contributed by atoms with Crippen molar-refractivity contribution in [2.45, 2.75) is 46.3 Å². The van der Waals surface area contributed by atoms with Gasteiger partial charge in [0.2, 0.25) is 0 Å². The molecule has 0 aromatic heterocycles. The molecule has 2 fully saturated rings. The third-order valence-corrected chi connectivity index (χ3v) is 4.57. The SMILES string of the molecule is CC(C)C(COCC1CO1)CC(COCC1CO1)C(C)C. The standard InChI is InChI=1S/C17H32O4/c1-12(2)14(6-18-8-16-10-20-16)5-15(13(3)4)7-19-9-17-11-21-17/h12-17H,5-11H2,1-4H3. The predicted octanol–water partition coefficient (Wildman–Crippen LogP) is 2.75. The molecule has 4 atom stereocenters. The van der Waals surface area contributed by atoms with E-state index in [9.17, 15) is 0 Å². The molecule has 0 aromatic carbocycles. The van der Waals surface area contributed by atoms with E-state index in [1.807, 2.05) is 0 Å². The molecule has 124 valence electrons. The van der Waals surface area contributed by atoms with Gasteiger partial charge in [0.1, 0.15) is 12.2 Å². The second-order valence-corrected chi connectivity index (χ2v) is 7.23. The van der Waals surface area contributed by atoms with Crippen molar-refractivity contribution >= 4 is 0 Å². The second-order valence-electron chi connectivity index (χ2n) is 7.23. The van der Waals surface area contributed by atoms with Crippen LogP contribution in [0.25, 0.3) is 0 Å². The molecule has 2 aliphatic heterocycles. The van der Waals surface area contributed by atoms with E-state index in [4.69, 9.17) is 18.9 Å². The Hall–Kier alpha value is -0.160. The van der Waals surface area contributed by atoms with Gasteiger partial charge in [-0.3, -0.25) is 0 Å². The molecule has 2 saturated heterocycles. The molecule has 0 radical (unpaired) electrons. The summed E-state index contributed by atoms with van der Waals surface area (Å²) in [6.07, 6.45) is 1.90. The fourth-order valence-corrected chi connectivity index (χ4v) is 2.48. The lowest BCUT2D eigenvalue weighted by atomic mass is 9.82. The highest BCUT2D eigenvalue weighted by molar-refractivity contribution is 4.74. The molecule has 4 unspecified atom stereocenters. The largest absolute Gasteiger partial charge is 0.378 e. The third kappa shape index (κ3) is 7.09. The van der Waals surface area contributed by atoms with Gasteiger partial charge in [0.25, 0.3) is 0 Å². The van der Waals surface area contributed by atoms with E-state index >= 15 is 0 Å². The van der Waals surface area contributed by atoms with Crippen LogP contribution in [0, 0.1) is 23.7 Å². The van der Waals surface area contributed by atoms with Crippen LogP contribution in [0.15, 0.2) is 0 Å². The van der Waals surface area contributed by atoms with Crippen LogP contribution in [0.1, 0.15) is 34.1 Å². The Morgan fingerprint density at radius 3 is 1.48 bits per heavy atom. The molecule has 0 amide bonds. The average molecular weight is 300 g/mol. The maximum absolute atomic E-state index is 5.83. The van der Waals surface area contributed by atoms with Crippen LogP contribution in [-0.2, 0) is 18.9 Å². The number of epoxide rings is 2. The van der Waals surface area contributed by atoms with E-state index in [1.165, 1.54) is 6.42 Å². The second kappa shape index (κ2) is 8.47. The molecule has 4 nitrogen and oxygen atoms in total. The molecule has 0 aromatic rings. The zero-order chi connectivity index (χ0) is 15.2. The van der Waals surface area contributed by atoms with Gasteiger partial charge < -0.3 is 18.9 Å². The summed E-state index contributed by atoms with van der Waals surface area (Å²) in [5.74, 6) is 2.46. The molecule has 0 saturated carbocycles. The topological polar surface area (TPSA) is 43.5 Å². The Kier molecular flexibility index (Phi) is 6.93. The summed E-state index contributed by atoms with van der Waals surface area (Å²) >= 11 is 0. The van der Waals surface area contributed by atoms with Gasteiger partial charge in [0, 0.05) is 13.2 Å². The molecule has 0 N–H and O–H groups in total. The molecule has 2 aliphatic rings. The Labute approximate surface area is 129 Å². The van der Waals surface area contributed by atoms with Crippen LogP contribution in [0.3, 0.4) is 0 Å². The van der Waals surface area contributed by atoms with E-state index < -0.39 is 0 Å². The summed E-state index contributed by atoms with van der Waals surface area (Å²) in [5, 5.41) is 0. The van der Waals surface area contributed by atoms with Gasteiger partial charge in [-0.05, 0) is 30.1 Å². The summed E-state index contributed by atoms with van der Waals surface area (Å²) in [4.78, 5) is 0. The van der Waals surface area contributed by atoms with Gasteiger partial charge >= 0.3 is 0 Å². The fourth-order valence-electron chi connectivity index (χ4n) is 2.48. The smallest absolute Gasteiger partial charge is 0.104 e. The van der Waals surface area contributed by atoms with Crippen LogP contribution in [-0.4, -0.2) is 51.8 Å². The maximum Gasteiger partial charge on any atom is 0.104 e. The molecule has 4 heteroatoms. The molecular weight excluding hydrogens is 268 g/mol. The number of hydrogen-bond acceptors (Lipinski definition) is 4. The third-order valence-electron chi connectivity index (χ3n) is 4.57. The maximum atomic E-state index is 5.83. The highest BCUT2D eigenvalue weighted by atomic mass is 16.6. The summed E-state index contributed by atoms with van der Waals surface area (Å²) < 4.78 is 22.0. The molecule has 0 spiro atoms. The lowest BCUT2D eigenvalue weighted by molar-refractivity contribution is 0.0302. The van der Waals surface area contributed by atoms with E-state index in [0.717, 1.165) is 39.6 Å². The number of ether oxygens (including phenoxy) is 4. The van der Waals surface area contributed by atoms with E-state index in [-0.39, 0.29) is 0 Å². The average Bonchev–Trinajstić information content (AvgIpc) is 3.29. The number of rotatable bonds is 12. The Morgan fingerprint density at radius 1 is 0.810 bits per heavy atom. The normalized spacial score (nSPS) is 27.1. The van der Waals surface area contributed by atoms with Crippen LogP contribution in [0.5, 0.6) is 0 Å². The first kappa shape index (κ1) is 17.2. The minimum Gasteiger partial charge on any atom is -0.378 e. The highest BCUT2D eigenvalue weighted by Crippen LogP contribution is 2.27. The summed E-state index contributed by atoms with van der Waals surface area (Å²) in [5.41, 5.74) is 0. The summed E-state index contributed by atoms with van der Waals surface area (Å²) in [6, 6.07) is 0. The highest BCUT2D eigenvalue weighted by Gasteiger charge is 2.27. The molecule has 21 heavy (non-hydrogen) atoms. The van der Waals surface area contributed by atoms with Crippen molar-refractivity contribution in [3.63, 3.8) is 0 Å². The lowest BCUT2D eigenvalue weighted by Crippen LogP contribution is -2.26. The van der Waals surface area contributed by atoms with Crippen molar-refractivity contribution in [2.75, 3.05) is 39.6 Å². The van der Waals surface area contributed by atoms with Gasteiger partial charge in [-0.25, -0.2) is 0 Å². The van der Waals surface area contributed by atoms with Gasteiger partial charge in [0.05, 0.1) is 26.4 Å². The quantitative estimate of drug-likeness (QED) is 0.520. The van der Waals surface area contributed by atoms with Gasteiger partial charge in [-0.2, -0.15) is 0 Å². The minimum absolute atomic E-state index is 0.362. The minimum atomic E-state index is 0.362. The molecule has 0 aliphatic carbocycles. The van der Waals surface area contributed by atoms with Crippen molar-refractivity contribution in [1.82, 2.24) is 0 Å². The Balaban J connectivity index is 1.69. The molecule has 0 bridgehead atoms. The van der Waals surface area contributed by atoms with E-state index in [1.54, 1.807) is 0 Å². The lowest BCUT2D eigenvalue weighted by Gasteiger charge is -2.28. The van der Waals surface area contributed by atoms with Gasteiger partial charge in [0.15, 0.2) is 0 Å². The molecular formula is C17H32O4. The first-order valence-corrected chi connectivity index (χ1v) is 8.45. The van der Waals surface area contributed by atoms with Crippen LogP contribution in [0.4, 0.5) is 0 Å². The Bertz CT molecular complexity index is 257. The first-order valence-electron chi connectivity index (χ1n) is 8.45. The van der Waals surface area contributed by atoms with Crippen molar-refractivity contribution in [3.8, 4) is 0 Å². The van der Waals surface area contributed by atoms with Crippen molar-refractivity contribution in [2.24, 2.45) is 23.7 Å². The van der Waals surface area contributed by atoms with Crippen molar-refractivity contribution < 1.29 is 18.9 Å². The molecule has 2 rings (SSSR count). The fraction of sp³-hybridized carbons (Fsp3) is 1.00. The molecule has 2 heterocycles. The van der Waals surface area contributed by atoms with Crippen molar-refractivity contribution in [3.05, 3.63) is 0 Å². The monoisotopic (exact) mass is 300 g/mol. The van der Waals surface area contributed by atoms with Crippen LogP contribution < -0.4 is 0 Å². The zero-order valence-electron chi connectivity index (χ0n) is 14.0. The van der Waals surface area contributed by atoms with E-state index in [0.29, 0.717) is 35.9 Å².